The maximum atomic E-state index is 5.40. The third-order valence-corrected chi connectivity index (χ3v) is 3.37. The molecule has 102 valence electrons. The molecule has 4 heteroatoms. The highest BCUT2D eigenvalue weighted by molar-refractivity contribution is 5.31. The van der Waals surface area contributed by atoms with Gasteiger partial charge in [0.1, 0.15) is 0 Å². The third kappa shape index (κ3) is 2.96. The normalized spacial score (nSPS) is 12.4. The van der Waals surface area contributed by atoms with Crippen molar-refractivity contribution in [2.24, 2.45) is 7.05 Å². The average Bonchev–Trinajstić information content (AvgIpc) is 2.70. The average molecular weight is 259 g/mol. The van der Waals surface area contributed by atoms with Crippen molar-refractivity contribution in [3.63, 3.8) is 0 Å². The summed E-state index contributed by atoms with van der Waals surface area (Å²) in [5.74, 6) is 0.824. The van der Waals surface area contributed by atoms with Crippen molar-refractivity contribution >= 4 is 0 Å². The van der Waals surface area contributed by atoms with Crippen LogP contribution in [0.25, 0.3) is 0 Å². The zero-order chi connectivity index (χ0) is 13.8. The lowest BCUT2D eigenvalue weighted by molar-refractivity contribution is 0.367. The van der Waals surface area contributed by atoms with E-state index in [1.54, 1.807) is 11.8 Å². The highest BCUT2D eigenvalue weighted by Crippen LogP contribution is 2.22. The largest absolute Gasteiger partial charge is 0.481 e. The lowest BCUT2D eigenvalue weighted by atomic mass is 10.1. The first-order valence-electron chi connectivity index (χ1n) is 6.48. The molecule has 2 aromatic rings. The molecule has 1 heterocycles. The Balaban J connectivity index is 2.07. The van der Waals surface area contributed by atoms with Crippen molar-refractivity contribution in [2.75, 3.05) is 7.11 Å². The Hall–Kier alpha value is -1.81. The van der Waals surface area contributed by atoms with E-state index in [0.717, 1.165) is 23.7 Å². The number of nitrogens with zero attached hydrogens (tertiary/aromatic N) is 2. The molecule has 0 saturated heterocycles. The van der Waals surface area contributed by atoms with Gasteiger partial charge in [0.2, 0.25) is 5.88 Å². The van der Waals surface area contributed by atoms with Crippen molar-refractivity contribution in [3.05, 3.63) is 47.2 Å². The number of methoxy groups -OCH3 is 1. The number of hydrogen-bond donors (Lipinski definition) is 1. The summed E-state index contributed by atoms with van der Waals surface area (Å²) in [6, 6.07) is 10.7. The molecule has 1 atom stereocenters. The van der Waals surface area contributed by atoms with Crippen LogP contribution in [0.5, 0.6) is 5.88 Å². The van der Waals surface area contributed by atoms with E-state index in [9.17, 15) is 0 Å². The Morgan fingerprint density at radius 3 is 2.63 bits per heavy atom. The van der Waals surface area contributed by atoms with Gasteiger partial charge in [-0.3, -0.25) is 0 Å². The molecule has 19 heavy (non-hydrogen) atoms. The highest BCUT2D eigenvalue weighted by atomic mass is 16.5. The van der Waals surface area contributed by atoms with E-state index in [2.05, 4.69) is 41.6 Å². The Bertz CT molecular complexity index is 534. The van der Waals surface area contributed by atoms with Gasteiger partial charge in [-0.05, 0) is 19.4 Å². The molecule has 1 unspecified atom stereocenters. The van der Waals surface area contributed by atoms with Crippen molar-refractivity contribution < 1.29 is 4.74 Å². The van der Waals surface area contributed by atoms with Crippen molar-refractivity contribution in [3.8, 4) is 5.88 Å². The topological polar surface area (TPSA) is 39.1 Å². The molecular formula is C15H21N3O. The van der Waals surface area contributed by atoms with Gasteiger partial charge in [-0.2, -0.15) is 5.10 Å². The van der Waals surface area contributed by atoms with E-state index < -0.39 is 0 Å². The lowest BCUT2D eigenvalue weighted by Crippen LogP contribution is -2.18. The zero-order valence-electron chi connectivity index (χ0n) is 12.0. The van der Waals surface area contributed by atoms with Gasteiger partial charge >= 0.3 is 0 Å². The fraction of sp³-hybridized carbons (Fsp3) is 0.400. The summed E-state index contributed by atoms with van der Waals surface area (Å²) in [5, 5.41) is 7.89. The predicted molar refractivity (Wildman–Crippen MR) is 76.2 cm³/mol. The summed E-state index contributed by atoms with van der Waals surface area (Å²) in [5.41, 5.74) is 3.41. The number of aromatic nitrogens is 2. The van der Waals surface area contributed by atoms with Crippen LogP contribution in [0, 0.1) is 6.92 Å². The van der Waals surface area contributed by atoms with E-state index >= 15 is 0 Å². The van der Waals surface area contributed by atoms with E-state index in [-0.39, 0.29) is 0 Å². The summed E-state index contributed by atoms with van der Waals surface area (Å²) in [6.45, 7) is 4.92. The van der Waals surface area contributed by atoms with Crippen molar-refractivity contribution in [2.45, 2.75) is 26.4 Å². The molecule has 0 saturated carbocycles. The minimum atomic E-state index is 0.297. The molecule has 0 amide bonds. The van der Waals surface area contributed by atoms with Crippen LogP contribution in [0.2, 0.25) is 0 Å². The molecule has 4 nitrogen and oxygen atoms in total. The SMILES string of the molecule is COc1c(CNC(C)c2ccccc2)c(C)nn1C. The minimum absolute atomic E-state index is 0.297. The molecule has 0 aliphatic carbocycles. The van der Waals surface area contributed by atoms with E-state index in [0.29, 0.717) is 6.04 Å². The maximum absolute atomic E-state index is 5.40. The number of rotatable bonds is 5. The van der Waals surface area contributed by atoms with E-state index in [4.69, 9.17) is 4.74 Å². The van der Waals surface area contributed by atoms with Gasteiger partial charge in [-0.1, -0.05) is 30.3 Å². The molecule has 0 fully saturated rings. The van der Waals surface area contributed by atoms with Gasteiger partial charge < -0.3 is 10.1 Å². The summed E-state index contributed by atoms with van der Waals surface area (Å²) in [7, 11) is 3.58. The van der Waals surface area contributed by atoms with Crippen molar-refractivity contribution in [1.82, 2.24) is 15.1 Å². The van der Waals surface area contributed by atoms with Crippen LogP contribution in [-0.2, 0) is 13.6 Å². The molecule has 0 bridgehead atoms. The van der Waals surface area contributed by atoms with Gasteiger partial charge in [-0.25, -0.2) is 4.68 Å². The number of benzene rings is 1. The van der Waals surface area contributed by atoms with Crippen LogP contribution in [0.3, 0.4) is 0 Å². The highest BCUT2D eigenvalue weighted by Gasteiger charge is 2.14. The van der Waals surface area contributed by atoms with Crippen LogP contribution < -0.4 is 10.1 Å². The summed E-state index contributed by atoms with van der Waals surface area (Å²) in [6.07, 6.45) is 0. The first kappa shape index (κ1) is 13.6. The summed E-state index contributed by atoms with van der Waals surface area (Å²) < 4.78 is 7.17. The number of aryl methyl sites for hydroxylation is 2. The standard InChI is InChI=1S/C15H21N3O/c1-11(13-8-6-5-7-9-13)16-10-14-12(2)17-18(3)15(14)19-4/h5-9,11,16H,10H2,1-4H3. The first-order valence-corrected chi connectivity index (χ1v) is 6.48. The molecule has 0 aliphatic rings. The van der Waals surface area contributed by atoms with Crippen molar-refractivity contribution in [1.29, 1.82) is 0 Å². The first-order chi connectivity index (χ1) is 9.13. The van der Waals surface area contributed by atoms with Gasteiger partial charge in [0.25, 0.3) is 0 Å². The third-order valence-electron chi connectivity index (χ3n) is 3.37. The summed E-state index contributed by atoms with van der Waals surface area (Å²) >= 11 is 0. The van der Waals surface area contributed by atoms with Gasteiger partial charge in [0.05, 0.1) is 18.4 Å². The fourth-order valence-electron chi connectivity index (χ4n) is 2.25. The monoisotopic (exact) mass is 259 g/mol. The molecule has 0 radical (unpaired) electrons. The Labute approximate surface area is 114 Å². The maximum Gasteiger partial charge on any atom is 0.216 e. The quantitative estimate of drug-likeness (QED) is 0.897. The van der Waals surface area contributed by atoms with E-state index in [1.165, 1.54) is 5.56 Å². The van der Waals surface area contributed by atoms with Gasteiger partial charge in [-0.15, -0.1) is 0 Å². The molecular weight excluding hydrogens is 238 g/mol. The van der Waals surface area contributed by atoms with Crippen LogP contribution in [0.1, 0.15) is 29.8 Å². The second-order valence-electron chi connectivity index (χ2n) is 4.71. The molecule has 0 spiro atoms. The molecule has 2 rings (SSSR count). The smallest absolute Gasteiger partial charge is 0.216 e. The Morgan fingerprint density at radius 1 is 1.32 bits per heavy atom. The van der Waals surface area contributed by atoms with E-state index in [1.807, 2.05) is 20.0 Å². The second kappa shape index (κ2) is 5.89. The lowest BCUT2D eigenvalue weighted by Gasteiger charge is -2.14. The predicted octanol–water partition coefficient (Wildman–Crippen LogP) is 2.59. The van der Waals surface area contributed by atoms with Gasteiger partial charge in [0, 0.05) is 19.6 Å². The van der Waals surface area contributed by atoms with Crippen LogP contribution >= 0.6 is 0 Å². The zero-order valence-corrected chi connectivity index (χ0v) is 12.0. The number of hydrogen-bond acceptors (Lipinski definition) is 3. The minimum Gasteiger partial charge on any atom is -0.481 e. The van der Waals surface area contributed by atoms with Crippen LogP contribution in [0.15, 0.2) is 30.3 Å². The van der Waals surface area contributed by atoms with Gasteiger partial charge in [0.15, 0.2) is 0 Å². The fourth-order valence-corrected chi connectivity index (χ4v) is 2.25. The number of nitrogens with one attached hydrogen (secondary N) is 1. The molecule has 1 N–H and O–H groups in total. The molecule has 1 aromatic carbocycles. The van der Waals surface area contributed by atoms with Crippen LogP contribution in [0.4, 0.5) is 0 Å². The van der Waals surface area contributed by atoms with Crippen LogP contribution in [-0.4, -0.2) is 16.9 Å². The number of ether oxygens (including phenoxy) is 1. The molecule has 1 aromatic heterocycles. The molecule has 0 aliphatic heterocycles. The Kier molecular flexibility index (Phi) is 4.22. The summed E-state index contributed by atoms with van der Waals surface area (Å²) in [4.78, 5) is 0. The second-order valence-corrected chi connectivity index (χ2v) is 4.71. The Morgan fingerprint density at radius 2 is 2.00 bits per heavy atom.